The molecule has 0 spiro atoms. The molecule has 1 N–H and O–H groups in total. The van der Waals surface area contributed by atoms with E-state index < -0.39 is 27.2 Å². The van der Waals surface area contributed by atoms with Gasteiger partial charge >= 0.3 is 185 Å². The number of hydrogen-bond donors (Lipinski definition) is 1. The number of alkyl halides is 1. The first kappa shape index (κ1) is 24.2. The standard InChI is InChI=1S/C22H34IO6/c1-5-7-17-18(24)9-8-16-10-13-22(28-21(16)17,14-11-19(25)29-23-3)15-12-20(26-4)27-6-2/h8-9,20,24H,5-7,10-15H2,1-4H3/q-1. The summed E-state index contributed by atoms with van der Waals surface area (Å²) in [6.07, 6.45) is 5.35. The van der Waals surface area contributed by atoms with Gasteiger partial charge in [-0.05, 0) is 0 Å². The summed E-state index contributed by atoms with van der Waals surface area (Å²) in [5, 5.41) is 10.4. The Morgan fingerprint density at radius 1 is 1.34 bits per heavy atom. The summed E-state index contributed by atoms with van der Waals surface area (Å²) in [7, 11) is 1.64. The average Bonchev–Trinajstić information content (AvgIpc) is 2.72. The number of ether oxygens (including phenoxy) is 3. The van der Waals surface area contributed by atoms with Gasteiger partial charge in [0.05, 0.1) is 0 Å². The molecule has 6 nitrogen and oxygen atoms in total. The van der Waals surface area contributed by atoms with Crippen LogP contribution in [0.4, 0.5) is 0 Å². The van der Waals surface area contributed by atoms with Crippen LogP contribution < -0.4 is 26.4 Å². The molecule has 1 heterocycles. The number of halogens is 1. The number of carbonyl (C=O) groups excluding carboxylic acids is 1. The van der Waals surface area contributed by atoms with Crippen molar-refractivity contribution in [2.75, 3.05) is 18.6 Å². The molecule has 1 aromatic rings. The fourth-order valence-electron chi connectivity index (χ4n) is 3.88. The summed E-state index contributed by atoms with van der Waals surface area (Å²) in [5.41, 5.74) is 1.49. The van der Waals surface area contributed by atoms with E-state index in [1.165, 1.54) is 0 Å². The number of fused-ring (bicyclic) bond motifs is 1. The molecule has 0 fully saturated rings. The molecule has 0 saturated heterocycles. The van der Waals surface area contributed by atoms with E-state index in [4.69, 9.17) is 17.3 Å². The van der Waals surface area contributed by atoms with Gasteiger partial charge in [-0.2, -0.15) is 0 Å². The van der Waals surface area contributed by atoms with Crippen LogP contribution in [0, 0.1) is 0 Å². The third kappa shape index (κ3) is 6.72. The van der Waals surface area contributed by atoms with Crippen molar-refractivity contribution in [3.8, 4) is 11.5 Å². The number of benzene rings is 1. The first-order chi connectivity index (χ1) is 14.0. The Hall–Kier alpha value is -1.06. The van der Waals surface area contributed by atoms with Crippen molar-refractivity contribution < 1.29 is 48.8 Å². The van der Waals surface area contributed by atoms with E-state index in [2.05, 4.69) is 6.92 Å². The summed E-state index contributed by atoms with van der Waals surface area (Å²) >= 11 is -0.529. The molecule has 7 heteroatoms. The quantitative estimate of drug-likeness (QED) is 0.253. The van der Waals surface area contributed by atoms with Gasteiger partial charge in [0.25, 0.3) is 0 Å². The second kappa shape index (κ2) is 12.0. The maximum atomic E-state index is 12.1. The van der Waals surface area contributed by atoms with Crippen LogP contribution in [-0.4, -0.2) is 41.6 Å². The third-order valence-corrected chi connectivity index (χ3v) is 6.32. The fourth-order valence-corrected chi connectivity index (χ4v) is 4.59. The predicted molar refractivity (Wildman–Crippen MR) is 107 cm³/mol. The van der Waals surface area contributed by atoms with Gasteiger partial charge < -0.3 is 0 Å². The molecule has 1 aliphatic rings. The van der Waals surface area contributed by atoms with Gasteiger partial charge in [-0.3, -0.25) is 0 Å². The number of phenols is 1. The Morgan fingerprint density at radius 3 is 2.79 bits per heavy atom. The van der Waals surface area contributed by atoms with Crippen molar-refractivity contribution in [2.24, 2.45) is 0 Å². The van der Waals surface area contributed by atoms with E-state index in [1.807, 2.05) is 17.9 Å². The van der Waals surface area contributed by atoms with Crippen molar-refractivity contribution in [2.45, 2.75) is 77.1 Å². The average molecular weight is 521 g/mol. The molecule has 2 unspecified atom stereocenters. The van der Waals surface area contributed by atoms with E-state index in [0.717, 1.165) is 42.6 Å². The fraction of sp³-hybridized carbons (Fsp3) is 0.682. The minimum atomic E-state index is -0.529. The van der Waals surface area contributed by atoms with Gasteiger partial charge in [0.15, 0.2) is 0 Å². The Morgan fingerprint density at radius 2 is 2.14 bits per heavy atom. The number of carbonyl (C=O) groups is 1. The number of aryl methyl sites for hydroxylation is 1. The molecule has 0 radical (unpaired) electrons. The van der Waals surface area contributed by atoms with Gasteiger partial charge in [-0.1, -0.05) is 0 Å². The van der Waals surface area contributed by atoms with Crippen LogP contribution >= 0.6 is 0 Å². The summed E-state index contributed by atoms with van der Waals surface area (Å²) in [6, 6.07) is 3.71. The van der Waals surface area contributed by atoms with Crippen LogP contribution in [0.2, 0.25) is 0 Å². The van der Waals surface area contributed by atoms with Gasteiger partial charge in [-0.25, -0.2) is 0 Å². The van der Waals surface area contributed by atoms with Crippen molar-refractivity contribution in [1.82, 2.24) is 0 Å². The number of aromatic hydroxyl groups is 1. The van der Waals surface area contributed by atoms with Crippen LogP contribution in [0.1, 0.15) is 63.5 Å². The summed E-state index contributed by atoms with van der Waals surface area (Å²) in [5.74, 6) is 0.909. The summed E-state index contributed by atoms with van der Waals surface area (Å²) < 4.78 is 22.9. The molecule has 0 bridgehead atoms. The zero-order valence-corrected chi connectivity index (χ0v) is 20.1. The van der Waals surface area contributed by atoms with Gasteiger partial charge in [0.2, 0.25) is 0 Å². The molecule has 0 saturated carbocycles. The van der Waals surface area contributed by atoms with Crippen LogP contribution in [0.5, 0.6) is 11.5 Å². The van der Waals surface area contributed by atoms with Crippen LogP contribution in [0.25, 0.3) is 0 Å². The van der Waals surface area contributed by atoms with E-state index in [-0.39, 0.29) is 18.0 Å². The Bertz CT molecular complexity index is 665. The predicted octanol–water partition coefficient (Wildman–Crippen LogP) is 1.15. The molecule has 2 atom stereocenters. The molecule has 29 heavy (non-hydrogen) atoms. The first-order valence-electron chi connectivity index (χ1n) is 10.3. The van der Waals surface area contributed by atoms with Crippen molar-refractivity contribution in [3.05, 3.63) is 23.3 Å². The second-order valence-corrected chi connectivity index (χ2v) is 8.67. The Balaban J connectivity index is 2.26. The van der Waals surface area contributed by atoms with Crippen molar-refractivity contribution in [3.63, 3.8) is 0 Å². The summed E-state index contributed by atoms with van der Waals surface area (Å²) in [6.45, 7) is 4.61. The molecular weight excluding hydrogens is 487 g/mol. The normalized spacial score (nSPS) is 19.4. The van der Waals surface area contributed by atoms with E-state index in [1.54, 1.807) is 13.2 Å². The second-order valence-electron chi connectivity index (χ2n) is 7.35. The first-order valence-corrected chi connectivity index (χ1v) is 13.4. The van der Waals surface area contributed by atoms with E-state index >= 15 is 0 Å². The molecule has 166 valence electrons. The van der Waals surface area contributed by atoms with Crippen molar-refractivity contribution in [1.29, 1.82) is 0 Å². The van der Waals surface area contributed by atoms with Gasteiger partial charge in [0, 0.05) is 0 Å². The molecule has 0 aliphatic carbocycles. The minimum absolute atomic E-state index is 0.160. The van der Waals surface area contributed by atoms with Crippen LogP contribution in [0.3, 0.4) is 0 Å². The molecule has 2 rings (SSSR count). The SMILES string of the molecule is CCCc1c(O)ccc2c1OC(CCC(=O)O[I-]C)(CCC(OC)OCC)CC2. The van der Waals surface area contributed by atoms with E-state index in [0.29, 0.717) is 32.3 Å². The number of rotatable bonds is 12. The molecule has 0 aromatic heterocycles. The van der Waals surface area contributed by atoms with Crippen LogP contribution in [-0.2, 0) is 30.2 Å². The number of methoxy groups -OCH3 is 1. The van der Waals surface area contributed by atoms with Crippen LogP contribution in [0.15, 0.2) is 12.1 Å². The third-order valence-electron chi connectivity index (χ3n) is 5.38. The Kier molecular flexibility index (Phi) is 9.98. The van der Waals surface area contributed by atoms with Crippen molar-refractivity contribution >= 4 is 5.97 Å². The van der Waals surface area contributed by atoms with E-state index in [9.17, 15) is 9.90 Å². The summed E-state index contributed by atoms with van der Waals surface area (Å²) in [4.78, 5) is 14.0. The molecule has 1 aromatic carbocycles. The van der Waals surface area contributed by atoms with Gasteiger partial charge in [-0.15, -0.1) is 0 Å². The molecule has 1 aliphatic heterocycles. The Labute approximate surface area is 185 Å². The molecular formula is C22H34IO6-. The van der Waals surface area contributed by atoms with Gasteiger partial charge in [0.1, 0.15) is 0 Å². The monoisotopic (exact) mass is 521 g/mol. The number of phenolic OH excluding ortho intramolecular Hbond substituents is 1. The number of hydrogen-bond acceptors (Lipinski definition) is 6. The zero-order chi connectivity index (χ0) is 21.3. The topological polar surface area (TPSA) is 74.2 Å². The maximum absolute atomic E-state index is 12.1. The molecule has 0 amide bonds. The zero-order valence-electron chi connectivity index (χ0n) is 18.0.